The van der Waals surface area contributed by atoms with E-state index in [1.54, 1.807) is 0 Å². The third kappa shape index (κ3) is 62.9. The van der Waals surface area contributed by atoms with E-state index in [0.29, 0.717) is 19.3 Å². The minimum absolute atomic E-state index is 0.0809. The summed E-state index contributed by atoms with van der Waals surface area (Å²) in [4.78, 5) is 38.2. The molecule has 0 aromatic heterocycles. The number of carbonyl (C=O) groups excluding carboxylic acids is 3. The maximum atomic E-state index is 12.9. The fourth-order valence-electron chi connectivity index (χ4n) is 9.10. The van der Waals surface area contributed by atoms with Crippen LogP contribution in [0.1, 0.15) is 310 Å². The summed E-state index contributed by atoms with van der Waals surface area (Å²) in [6.45, 7) is 6.50. The minimum Gasteiger partial charge on any atom is -0.462 e. The molecule has 0 saturated heterocycles. The molecular weight excluding hydrogens is 961 g/mol. The van der Waals surface area contributed by atoms with Crippen LogP contribution in [0.3, 0.4) is 0 Å². The Morgan fingerprint density at radius 2 is 0.500 bits per heavy atom. The van der Waals surface area contributed by atoms with E-state index in [4.69, 9.17) is 14.2 Å². The maximum absolute atomic E-state index is 12.9. The van der Waals surface area contributed by atoms with Gasteiger partial charge in [-0.1, -0.05) is 291 Å². The molecular formula is C72H122O6. The predicted molar refractivity (Wildman–Crippen MR) is 339 cm³/mol. The first-order valence-corrected chi connectivity index (χ1v) is 32.9. The number of rotatable bonds is 59. The van der Waals surface area contributed by atoms with Crippen LogP contribution in [0, 0.1) is 0 Å². The smallest absolute Gasteiger partial charge is 0.306 e. The van der Waals surface area contributed by atoms with Crippen molar-refractivity contribution in [3.8, 4) is 0 Å². The van der Waals surface area contributed by atoms with Crippen molar-refractivity contribution in [2.45, 2.75) is 316 Å². The van der Waals surface area contributed by atoms with Crippen LogP contribution < -0.4 is 0 Å². The van der Waals surface area contributed by atoms with Gasteiger partial charge in [-0.3, -0.25) is 14.4 Å². The van der Waals surface area contributed by atoms with Crippen LogP contribution in [-0.2, 0) is 28.6 Å². The lowest BCUT2D eigenvalue weighted by Gasteiger charge is -2.18. The average Bonchev–Trinajstić information content (AvgIpc) is 3.44. The summed E-state index contributed by atoms with van der Waals surface area (Å²) in [6, 6.07) is 0. The van der Waals surface area contributed by atoms with Crippen LogP contribution in [0.5, 0.6) is 0 Å². The quantitative estimate of drug-likeness (QED) is 0.0261. The van der Waals surface area contributed by atoms with E-state index < -0.39 is 6.10 Å². The van der Waals surface area contributed by atoms with Gasteiger partial charge in [0.2, 0.25) is 0 Å². The minimum atomic E-state index is -0.783. The van der Waals surface area contributed by atoms with Gasteiger partial charge in [0, 0.05) is 19.3 Å². The predicted octanol–water partition coefficient (Wildman–Crippen LogP) is 22.6. The van der Waals surface area contributed by atoms with Crippen molar-refractivity contribution in [1.82, 2.24) is 0 Å². The summed E-state index contributed by atoms with van der Waals surface area (Å²) in [6.07, 6.45) is 89.7. The Morgan fingerprint density at radius 3 is 0.782 bits per heavy atom. The molecule has 1 atom stereocenters. The zero-order valence-electron chi connectivity index (χ0n) is 51.2. The van der Waals surface area contributed by atoms with Gasteiger partial charge in [0.1, 0.15) is 13.2 Å². The second kappa shape index (κ2) is 65.6. The molecule has 0 N–H and O–H groups in total. The monoisotopic (exact) mass is 1080 g/mol. The van der Waals surface area contributed by atoms with Crippen LogP contribution in [0.4, 0.5) is 0 Å². The normalized spacial score (nSPS) is 12.8. The first-order chi connectivity index (χ1) is 38.5. The lowest BCUT2D eigenvalue weighted by Crippen LogP contribution is -2.30. The Labute approximate surface area is 482 Å². The number of unbranched alkanes of at least 4 members (excludes halogenated alkanes) is 30. The Balaban J connectivity index is 4.21. The third-order valence-electron chi connectivity index (χ3n) is 14.0. The maximum Gasteiger partial charge on any atom is 0.306 e. The van der Waals surface area contributed by atoms with Crippen molar-refractivity contribution >= 4 is 17.9 Å². The second-order valence-electron chi connectivity index (χ2n) is 21.6. The number of allylic oxidation sites excluding steroid dienone is 18. The zero-order valence-corrected chi connectivity index (χ0v) is 51.2. The Bertz CT molecular complexity index is 1570. The highest BCUT2D eigenvalue weighted by Gasteiger charge is 2.19. The molecule has 0 aromatic rings. The summed E-state index contributed by atoms with van der Waals surface area (Å²) in [5.41, 5.74) is 0. The van der Waals surface area contributed by atoms with Gasteiger partial charge in [0.05, 0.1) is 0 Å². The Morgan fingerprint density at radius 1 is 0.269 bits per heavy atom. The molecule has 0 amide bonds. The van der Waals surface area contributed by atoms with Gasteiger partial charge in [-0.25, -0.2) is 0 Å². The highest BCUT2D eigenvalue weighted by Crippen LogP contribution is 2.16. The van der Waals surface area contributed by atoms with E-state index in [9.17, 15) is 14.4 Å². The fourth-order valence-corrected chi connectivity index (χ4v) is 9.10. The van der Waals surface area contributed by atoms with E-state index in [1.165, 1.54) is 154 Å². The Hall–Kier alpha value is -3.93. The Kier molecular flexibility index (Phi) is 62.3. The number of esters is 3. The largest absolute Gasteiger partial charge is 0.462 e. The molecule has 0 radical (unpaired) electrons. The van der Waals surface area contributed by atoms with Crippen LogP contribution >= 0.6 is 0 Å². The van der Waals surface area contributed by atoms with Crippen molar-refractivity contribution in [2.75, 3.05) is 13.2 Å². The van der Waals surface area contributed by atoms with Crippen LogP contribution in [0.25, 0.3) is 0 Å². The molecule has 78 heavy (non-hydrogen) atoms. The van der Waals surface area contributed by atoms with Crippen molar-refractivity contribution in [3.05, 3.63) is 109 Å². The number of carbonyl (C=O) groups is 3. The van der Waals surface area contributed by atoms with E-state index in [-0.39, 0.29) is 31.1 Å². The molecule has 0 aliphatic heterocycles. The van der Waals surface area contributed by atoms with Crippen molar-refractivity contribution < 1.29 is 28.6 Å². The van der Waals surface area contributed by atoms with Gasteiger partial charge in [0.15, 0.2) is 6.10 Å². The fraction of sp³-hybridized carbons (Fsp3) is 0.708. The SMILES string of the molecule is CC/C=C\C/C=C\C/C=C\C/C=C\C/C=C\C/C=C\C/C=C\CCCCCCCCCC(=O)OCC(COC(=O)CCCCCCCCCC)OC(=O)CCCCCCCCCCCCC/C=C\C/C=C\CCCCCCC. The summed E-state index contributed by atoms with van der Waals surface area (Å²) >= 11 is 0. The molecule has 0 aliphatic carbocycles. The second-order valence-corrected chi connectivity index (χ2v) is 21.6. The van der Waals surface area contributed by atoms with E-state index >= 15 is 0 Å². The molecule has 0 spiro atoms. The standard InChI is InChI=1S/C72H122O6/c1-4-7-10-13-16-19-21-23-25-27-29-31-33-34-35-36-37-38-40-41-43-45-47-49-51-53-56-59-62-65-71(74)77-68-69(67-76-70(73)64-61-58-55-18-15-12-9-6-3)78-72(75)66-63-60-57-54-52-50-48-46-44-42-39-32-30-28-26-24-22-20-17-14-11-8-5-2/h7,10,16,19,22-25,28-31,34-35,37-38,41,43,69H,4-6,8-9,11-15,17-18,20-21,26-27,32-33,36,39-40,42,44-68H2,1-3H3/b10-7-,19-16-,24-22-,25-23-,30-28-,31-29-,35-34-,38-37-,43-41-. The van der Waals surface area contributed by atoms with Gasteiger partial charge in [-0.2, -0.15) is 0 Å². The molecule has 6 nitrogen and oxygen atoms in total. The molecule has 6 heteroatoms. The summed E-state index contributed by atoms with van der Waals surface area (Å²) < 4.78 is 16.9. The molecule has 0 aromatic carbocycles. The lowest BCUT2D eigenvalue weighted by molar-refractivity contribution is -0.167. The average molecular weight is 1080 g/mol. The van der Waals surface area contributed by atoms with Crippen molar-refractivity contribution in [1.29, 1.82) is 0 Å². The molecule has 0 aliphatic rings. The highest BCUT2D eigenvalue weighted by atomic mass is 16.6. The lowest BCUT2D eigenvalue weighted by atomic mass is 10.0. The molecule has 0 saturated carbocycles. The zero-order chi connectivity index (χ0) is 56.4. The van der Waals surface area contributed by atoms with Crippen LogP contribution in [0.2, 0.25) is 0 Å². The van der Waals surface area contributed by atoms with Crippen LogP contribution in [-0.4, -0.2) is 37.2 Å². The van der Waals surface area contributed by atoms with Gasteiger partial charge in [0.25, 0.3) is 0 Å². The summed E-state index contributed by atoms with van der Waals surface area (Å²) in [5, 5.41) is 0. The molecule has 1 unspecified atom stereocenters. The molecule has 0 bridgehead atoms. The number of hydrogen-bond acceptors (Lipinski definition) is 6. The van der Waals surface area contributed by atoms with Gasteiger partial charge >= 0.3 is 17.9 Å². The van der Waals surface area contributed by atoms with Crippen molar-refractivity contribution in [3.63, 3.8) is 0 Å². The topological polar surface area (TPSA) is 78.9 Å². The number of hydrogen-bond donors (Lipinski definition) is 0. The molecule has 0 heterocycles. The first-order valence-electron chi connectivity index (χ1n) is 32.9. The molecule has 446 valence electrons. The molecule has 0 rings (SSSR count). The van der Waals surface area contributed by atoms with E-state index in [0.717, 1.165) is 116 Å². The summed E-state index contributed by atoms with van der Waals surface area (Å²) in [7, 11) is 0. The van der Waals surface area contributed by atoms with Crippen molar-refractivity contribution in [2.24, 2.45) is 0 Å². The third-order valence-corrected chi connectivity index (χ3v) is 14.0. The van der Waals surface area contributed by atoms with E-state index in [2.05, 4.69) is 130 Å². The summed E-state index contributed by atoms with van der Waals surface area (Å²) in [5.74, 6) is -0.891. The van der Waals surface area contributed by atoms with Crippen LogP contribution in [0.15, 0.2) is 109 Å². The van der Waals surface area contributed by atoms with Gasteiger partial charge in [-0.05, 0) is 109 Å². The van der Waals surface area contributed by atoms with E-state index in [1.807, 2.05) is 0 Å². The van der Waals surface area contributed by atoms with Gasteiger partial charge in [-0.15, -0.1) is 0 Å². The highest BCUT2D eigenvalue weighted by molar-refractivity contribution is 5.71. The molecule has 0 fully saturated rings. The first kappa shape index (κ1) is 74.1. The van der Waals surface area contributed by atoms with Gasteiger partial charge < -0.3 is 14.2 Å². The number of ether oxygens (including phenoxy) is 3.